The molecule has 0 aliphatic heterocycles. The first-order chi connectivity index (χ1) is 8.47. The summed E-state index contributed by atoms with van der Waals surface area (Å²) in [5.41, 5.74) is 2.33. The third-order valence-corrected chi connectivity index (χ3v) is 4.54. The Morgan fingerprint density at radius 1 is 1.28 bits per heavy atom. The van der Waals surface area contributed by atoms with E-state index in [4.69, 9.17) is 0 Å². The number of anilines is 1. The normalized spacial score (nSPS) is 11.6. The molecule has 1 aromatic carbocycles. The van der Waals surface area contributed by atoms with Gasteiger partial charge in [0.25, 0.3) is 0 Å². The van der Waals surface area contributed by atoms with Crippen molar-refractivity contribution >= 4 is 33.0 Å². The van der Waals surface area contributed by atoms with Gasteiger partial charge in [0.2, 0.25) is 0 Å². The lowest BCUT2D eigenvalue weighted by Gasteiger charge is -2.13. The van der Waals surface area contributed by atoms with Crippen LogP contribution in [0.1, 0.15) is 31.5 Å². The largest absolute Gasteiger partial charge is 0.378 e. The third-order valence-electron chi connectivity index (χ3n) is 2.53. The molecule has 0 radical (unpaired) electrons. The summed E-state index contributed by atoms with van der Waals surface area (Å²) in [6.07, 6.45) is 0. The highest BCUT2D eigenvalue weighted by atomic mass is 79.9. The standard InChI is InChI=1S/C14H17BrN2S/c1-14(2,3)13-17-10(9-18-13)8-16-12-7-5-4-6-11(12)15/h4-7,9,16H,8H2,1-3H3. The van der Waals surface area contributed by atoms with E-state index in [0.717, 1.165) is 22.4 Å². The van der Waals surface area contributed by atoms with Gasteiger partial charge in [0.15, 0.2) is 0 Å². The minimum absolute atomic E-state index is 0.135. The Morgan fingerprint density at radius 3 is 2.61 bits per heavy atom. The summed E-state index contributed by atoms with van der Waals surface area (Å²) in [6.45, 7) is 7.33. The Balaban J connectivity index is 2.03. The summed E-state index contributed by atoms with van der Waals surface area (Å²) in [4.78, 5) is 4.67. The minimum atomic E-state index is 0.135. The van der Waals surface area contributed by atoms with E-state index in [1.165, 1.54) is 5.01 Å². The molecule has 0 saturated carbocycles. The van der Waals surface area contributed by atoms with Crippen molar-refractivity contribution in [3.8, 4) is 0 Å². The number of para-hydroxylation sites is 1. The van der Waals surface area contributed by atoms with Crippen molar-refractivity contribution in [3.05, 3.63) is 44.8 Å². The van der Waals surface area contributed by atoms with Crippen LogP contribution in [0.4, 0.5) is 5.69 Å². The van der Waals surface area contributed by atoms with Crippen LogP contribution in [-0.4, -0.2) is 4.98 Å². The van der Waals surface area contributed by atoms with E-state index in [0.29, 0.717) is 0 Å². The third kappa shape index (κ3) is 3.33. The molecule has 0 aliphatic rings. The minimum Gasteiger partial charge on any atom is -0.378 e. The molecule has 18 heavy (non-hydrogen) atoms. The fraction of sp³-hybridized carbons (Fsp3) is 0.357. The highest BCUT2D eigenvalue weighted by Crippen LogP contribution is 2.26. The van der Waals surface area contributed by atoms with Crippen LogP contribution in [0.2, 0.25) is 0 Å². The number of hydrogen-bond donors (Lipinski definition) is 1. The average molecular weight is 325 g/mol. The van der Waals surface area contributed by atoms with Gasteiger partial charge >= 0.3 is 0 Å². The summed E-state index contributed by atoms with van der Waals surface area (Å²) < 4.78 is 1.08. The maximum atomic E-state index is 4.67. The number of aromatic nitrogens is 1. The van der Waals surface area contributed by atoms with Crippen LogP contribution in [0, 0.1) is 0 Å². The van der Waals surface area contributed by atoms with Gasteiger partial charge in [-0.3, -0.25) is 0 Å². The van der Waals surface area contributed by atoms with Gasteiger partial charge in [0.05, 0.1) is 17.2 Å². The van der Waals surface area contributed by atoms with Gasteiger partial charge in [0, 0.05) is 21.0 Å². The van der Waals surface area contributed by atoms with Crippen LogP contribution in [0.15, 0.2) is 34.1 Å². The van der Waals surface area contributed by atoms with Crippen LogP contribution in [0.5, 0.6) is 0 Å². The van der Waals surface area contributed by atoms with Gasteiger partial charge in [-0.25, -0.2) is 4.98 Å². The van der Waals surface area contributed by atoms with Gasteiger partial charge in [0.1, 0.15) is 0 Å². The van der Waals surface area contributed by atoms with Crippen molar-refractivity contribution in [2.75, 3.05) is 5.32 Å². The summed E-state index contributed by atoms with van der Waals surface area (Å²) in [5.74, 6) is 0. The smallest absolute Gasteiger partial charge is 0.0982 e. The molecule has 0 amide bonds. The van der Waals surface area contributed by atoms with Gasteiger partial charge in [-0.2, -0.15) is 0 Å². The summed E-state index contributed by atoms with van der Waals surface area (Å²) in [6, 6.07) is 8.12. The number of halogens is 1. The lowest BCUT2D eigenvalue weighted by atomic mass is 9.98. The zero-order valence-electron chi connectivity index (χ0n) is 10.8. The van der Waals surface area contributed by atoms with Crippen LogP contribution in [-0.2, 0) is 12.0 Å². The van der Waals surface area contributed by atoms with Gasteiger partial charge in [-0.1, -0.05) is 32.9 Å². The highest BCUT2D eigenvalue weighted by molar-refractivity contribution is 9.10. The number of nitrogens with zero attached hydrogens (tertiary/aromatic N) is 1. The molecule has 0 fully saturated rings. The number of nitrogens with one attached hydrogen (secondary N) is 1. The fourth-order valence-electron chi connectivity index (χ4n) is 1.52. The van der Waals surface area contributed by atoms with Crippen LogP contribution >= 0.6 is 27.3 Å². The number of rotatable bonds is 3. The first-order valence-corrected chi connectivity index (χ1v) is 7.57. The quantitative estimate of drug-likeness (QED) is 0.875. The van der Waals surface area contributed by atoms with Gasteiger partial charge in [-0.05, 0) is 28.1 Å². The lowest BCUT2D eigenvalue weighted by molar-refractivity contribution is 0.583. The van der Waals surface area contributed by atoms with Crippen molar-refractivity contribution in [2.24, 2.45) is 0 Å². The molecule has 2 aromatic rings. The zero-order valence-corrected chi connectivity index (χ0v) is 13.2. The maximum absolute atomic E-state index is 4.67. The highest BCUT2D eigenvalue weighted by Gasteiger charge is 2.17. The SMILES string of the molecule is CC(C)(C)c1nc(CNc2ccccc2Br)cs1. The zero-order chi connectivity index (χ0) is 13.2. The molecule has 96 valence electrons. The number of benzene rings is 1. The van der Waals surface area contributed by atoms with E-state index >= 15 is 0 Å². The van der Waals surface area contributed by atoms with E-state index in [1.807, 2.05) is 18.2 Å². The molecular weight excluding hydrogens is 308 g/mol. The monoisotopic (exact) mass is 324 g/mol. The predicted octanol–water partition coefficient (Wildman–Crippen LogP) is 4.82. The first-order valence-electron chi connectivity index (χ1n) is 5.90. The lowest BCUT2D eigenvalue weighted by Crippen LogP contribution is -2.11. The fourth-order valence-corrected chi connectivity index (χ4v) is 2.86. The van der Waals surface area contributed by atoms with Crippen LogP contribution in [0.25, 0.3) is 0 Å². The number of thiazole rings is 1. The van der Waals surface area contributed by atoms with Gasteiger partial charge in [-0.15, -0.1) is 11.3 Å². The van der Waals surface area contributed by atoms with Crippen molar-refractivity contribution in [2.45, 2.75) is 32.7 Å². The van der Waals surface area contributed by atoms with E-state index < -0.39 is 0 Å². The molecule has 0 bridgehead atoms. The molecule has 2 nitrogen and oxygen atoms in total. The molecule has 0 spiro atoms. The van der Waals surface area contributed by atoms with E-state index in [1.54, 1.807) is 11.3 Å². The molecule has 1 heterocycles. The van der Waals surface area contributed by atoms with Crippen molar-refractivity contribution in [1.82, 2.24) is 4.98 Å². The molecule has 0 saturated heterocycles. The molecule has 0 atom stereocenters. The molecule has 0 aliphatic carbocycles. The van der Waals surface area contributed by atoms with Gasteiger partial charge < -0.3 is 5.32 Å². The number of hydrogen-bond acceptors (Lipinski definition) is 3. The summed E-state index contributed by atoms with van der Waals surface area (Å²) >= 11 is 5.26. The Hall–Kier alpha value is -0.870. The van der Waals surface area contributed by atoms with Crippen LogP contribution in [0.3, 0.4) is 0 Å². The maximum Gasteiger partial charge on any atom is 0.0982 e. The van der Waals surface area contributed by atoms with Crippen LogP contribution < -0.4 is 5.32 Å². The van der Waals surface area contributed by atoms with Crippen molar-refractivity contribution in [3.63, 3.8) is 0 Å². The van der Waals surface area contributed by atoms with Crippen molar-refractivity contribution in [1.29, 1.82) is 0 Å². The molecule has 1 aromatic heterocycles. The molecular formula is C14H17BrN2S. The van der Waals surface area contributed by atoms with Crippen molar-refractivity contribution < 1.29 is 0 Å². The molecule has 4 heteroatoms. The summed E-state index contributed by atoms with van der Waals surface area (Å²) in [7, 11) is 0. The van der Waals surface area contributed by atoms with E-state index in [2.05, 4.69) is 58.4 Å². The van der Waals surface area contributed by atoms with E-state index in [-0.39, 0.29) is 5.41 Å². The second kappa shape index (κ2) is 5.41. The Morgan fingerprint density at radius 2 is 2.00 bits per heavy atom. The predicted molar refractivity (Wildman–Crippen MR) is 82.3 cm³/mol. The molecule has 2 rings (SSSR count). The molecule has 0 unspecified atom stereocenters. The first kappa shape index (κ1) is 13.6. The Bertz CT molecular complexity index is 529. The second-order valence-electron chi connectivity index (χ2n) is 5.23. The topological polar surface area (TPSA) is 24.9 Å². The molecule has 1 N–H and O–H groups in total. The van der Waals surface area contributed by atoms with E-state index in [9.17, 15) is 0 Å². The Labute approximate surface area is 121 Å². The average Bonchev–Trinajstić information content (AvgIpc) is 2.76. The second-order valence-corrected chi connectivity index (χ2v) is 6.94. The summed E-state index contributed by atoms with van der Waals surface area (Å²) in [5, 5.41) is 6.71. The Kier molecular flexibility index (Phi) is 4.07.